The van der Waals surface area contributed by atoms with E-state index in [1.54, 1.807) is 48.5 Å². The van der Waals surface area contributed by atoms with Crippen molar-refractivity contribution in [2.45, 2.75) is 4.90 Å². The number of nitrogens with zero attached hydrogens (tertiary/aromatic N) is 2. The molecule has 150 valence electrons. The lowest BCUT2D eigenvalue weighted by Crippen LogP contribution is -2.13. The van der Waals surface area contributed by atoms with Crippen molar-refractivity contribution in [1.82, 2.24) is 0 Å². The number of hydrogen-bond donors (Lipinski definition) is 2. The molecule has 0 spiro atoms. The predicted molar refractivity (Wildman–Crippen MR) is 111 cm³/mol. The molecule has 0 saturated carbocycles. The molecular formula is C20H14N4O5S. The molecule has 0 bridgehead atoms. The van der Waals surface area contributed by atoms with E-state index >= 15 is 0 Å². The van der Waals surface area contributed by atoms with Crippen LogP contribution in [0.5, 0.6) is 0 Å². The summed E-state index contributed by atoms with van der Waals surface area (Å²) in [6.07, 6.45) is 0. The SMILES string of the molecule is O=C(Nc1cccc([N+](=O)[O-])c1)c1ccc(NC2=NS(=O)(=O)c3ccccc32)cc1. The second-order valence-corrected chi connectivity index (χ2v) is 7.95. The average molecular weight is 422 g/mol. The van der Waals surface area contributed by atoms with Gasteiger partial charge in [-0.3, -0.25) is 14.9 Å². The summed E-state index contributed by atoms with van der Waals surface area (Å²) < 4.78 is 28.0. The fourth-order valence-corrected chi connectivity index (χ4v) is 4.11. The smallest absolute Gasteiger partial charge is 0.285 e. The Morgan fingerprint density at radius 2 is 1.67 bits per heavy atom. The van der Waals surface area contributed by atoms with Crippen LogP contribution in [0.1, 0.15) is 15.9 Å². The van der Waals surface area contributed by atoms with Gasteiger partial charge in [-0.1, -0.05) is 18.2 Å². The molecule has 1 heterocycles. The maximum Gasteiger partial charge on any atom is 0.285 e. The van der Waals surface area contributed by atoms with Crippen LogP contribution in [-0.2, 0) is 10.0 Å². The minimum absolute atomic E-state index is 0.125. The Morgan fingerprint density at radius 1 is 0.933 bits per heavy atom. The van der Waals surface area contributed by atoms with Crippen LogP contribution in [0.15, 0.2) is 82.1 Å². The number of rotatable bonds is 4. The third-order valence-electron chi connectivity index (χ3n) is 4.36. The second-order valence-electron chi connectivity index (χ2n) is 6.38. The number of nitro benzene ring substituents is 1. The van der Waals surface area contributed by atoms with Crippen LogP contribution in [0, 0.1) is 10.1 Å². The molecule has 0 unspecified atom stereocenters. The van der Waals surface area contributed by atoms with E-state index in [2.05, 4.69) is 15.0 Å². The Bertz CT molecular complexity index is 1300. The van der Waals surface area contributed by atoms with Gasteiger partial charge in [0.1, 0.15) is 4.90 Å². The number of carbonyl (C=O) groups is 1. The largest absolute Gasteiger partial charge is 0.339 e. The minimum atomic E-state index is -3.73. The second kappa shape index (κ2) is 7.41. The van der Waals surface area contributed by atoms with Gasteiger partial charge in [-0.15, -0.1) is 4.40 Å². The number of sulfonamides is 1. The quantitative estimate of drug-likeness (QED) is 0.489. The van der Waals surface area contributed by atoms with E-state index in [-0.39, 0.29) is 16.4 Å². The first-order valence-corrected chi connectivity index (χ1v) is 10.1. The van der Waals surface area contributed by atoms with E-state index in [0.29, 0.717) is 22.5 Å². The molecule has 3 aromatic rings. The number of fused-ring (bicyclic) bond motifs is 1. The Morgan fingerprint density at radius 3 is 2.40 bits per heavy atom. The van der Waals surface area contributed by atoms with Crippen LogP contribution in [-0.4, -0.2) is 25.1 Å². The number of benzene rings is 3. The zero-order chi connectivity index (χ0) is 21.3. The van der Waals surface area contributed by atoms with E-state index < -0.39 is 20.9 Å². The lowest BCUT2D eigenvalue weighted by molar-refractivity contribution is -0.384. The Kier molecular flexibility index (Phi) is 4.76. The Balaban J connectivity index is 1.49. The number of anilines is 2. The molecule has 0 fully saturated rings. The average Bonchev–Trinajstić information content (AvgIpc) is 2.99. The highest BCUT2D eigenvalue weighted by Crippen LogP contribution is 2.27. The zero-order valence-electron chi connectivity index (χ0n) is 15.3. The molecule has 0 saturated heterocycles. The van der Waals surface area contributed by atoms with Crippen molar-refractivity contribution in [2.75, 3.05) is 10.6 Å². The zero-order valence-corrected chi connectivity index (χ0v) is 16.1. The lowest BCUT2D eigenvalue weighted by Gasteiger charge is -2.08. The maximum atomic E-state index is 12.4. The molecule has 0 atom stereocenters. The van der Waals surface area contributed by atoms with E-state index in [1.165, 1.54) is 24.3 Å². The summed E-state index contributed by atoms with van der Waals surface area (Å²) in [5, 5.41) is 16.4. The number of amides is 1. The normalized spacial score (nSPS) is 13.8. The molecular weight excluding hydrogens is 408 g/mol. The fraction of sp³-hybridized carbons (Fsp3) is 0. The number of amidine groups is 1. The summed E-state index contributed by atoms with van der Waals surface area (Å²) in [5.74, 6) is -0.229. The van der Waals surface area contributed by atoms with Crippen molar-refractivity contribution >= 4 is 38.8 Å². The van der Waals surface area contributed by atoms with E-state index in [4.69, 9.17) is 0 Å². The Hall–Kier alpha value is -4.05. The van der Waals surface area contributed by atoms with Crippen LogP contribution in [0.2, 0.25) is 0 Å². The van der Waals surface area contributed by atoms with Gasteiger partial charge in [0.25, 0.3) is 21.6 Å². The van der Waals surface area contributed by atoms with E-state index in [1.807, 2.05) is 0 Å². The molecule has 3 aromatic carbocycles. The number of non-ortho nitro benzene ring substituents is 1. The first-order chi connectivity index (χ1) is 14.3. The molecule has 0 radical (unpaired) electrons. The summed E-state index contributed by atoms with van der Waals surface area (Å²) >= 11 is 0. The van der Waals surface area contributed by atoms with Gasteiger partial charge in [0.2, 0.25) is 0 Å². The van der Waals surface area contributed by atoms with Crippen LogP contribution in [0.4, 0.5) is 17.1 Å². The summed E-state index contributed by atoms with van der Waals surface area (Å²) in [7, 11) is -3.73. The monoisotopic (exact) mass is 422 g/mol. The molecule has 1 amide bonds. The van der Waals surface area contributed by atoms with Gasteiger partial charge in [0.05, 0.1) is 4.92 Å². The molecule has 10 heteroatoms. The van der Waals surface area contributed by atoms with Crippen molar-refractivity contribution in [1.29, 1.82) is 0 Å². The topological polar surface area (TPSA) is 131 Å². The van der Waals surface area contributed by atoms with Crippen LogP contribution >= 0.6 is 0 Å². The molecule has 0 aliphatic carbocycles. The van der Waals surface area contributed by atoms with Crippen molar-refractivity contribution < 1.29 is 18.1 Å². The number of carbonyl (C=O) groups excluding carboxylic acids is 1. The van der Waals surface area contributed by atoms with Crippen molar-refractivity contribution in [3.63, 3.8) is 0 Å². The van der Waals surface area contributed by atoms with Crippen LogP contribution in [0.3, 0.4) is 0 Å². The van der Waals surface area contributed by atoms with Crippen molar-refractivity contribution in [3.05, 3.63) is 94.0 Å². The van der Waals surface area contributed by atoms with Crippen molar-refractivity contribution in [2.24, 2.45) is 4.40 Å². The molecule has 9 nitrogen and oxygen atoms in total. The van der Waals surface area contributed by atoms with Gasteiger partial charge < -0.3 is 10.6 Å². The molecule has 1 aliphatic rings. The minimum Gasteiger partial charge on any atom is -0.339 e. The highest BCUT2D eigenvalue weighted by atomic mass is 32.2. The van der Waals surface area contributed by atoms with Gasteiger partial charge in [0, 0.05) is 34.6 Å². The van der Waals surface area contributed by atoms with E-state index in [0.717, 1.165) is 0 Å². The maximum absolute atomic E-state index is 12.4. The highest BCUT2D eigenvalue weighted by molar-refractivity contribution is 7.90. The molecule has 2 N–H and O–H groups in total. The van der Waals surface area contributed by atoms with Crippen LogP contribution < -0.4 is 10.6 Å². The van der Waals surface area contributed by atoms with Gasteiger partial charge in [-0.05, 0) is 42.5 Å². The molecule has 4 rings (SSSR count). The van der Waals surface area contributed by atoms with Crippen molar-refractivity contribution in [3.8, 4) is 0 Å². The van der Waals surface area contributed by atoms with Crippen LogP contribution in [0.25, 0.3) is 0 Å². The number of hydrogen-bond acceptors (Lipinski definition) is 6. The fourth-order valence-electron chi connectivity index (χ4n) is 2.94. The van der Waals surface area contributed by atoms with Gasteiger partial charge in [-0.2, -0.15) is 8.42 Å². The Labute approximate surface area is 171 Å². The first-order valence-electron chi connectivity index (χ1n) is 8.71. The van der Waals surface area contributed by atoms with Gasteiger partial charge in [0.15, 0.2) is 5.84 Å². The third kappa shape index (κ3) is 3.76. The predicted octanol–water partition coefficient (Wildman–Crippen LogP) is 3.41. The summed E-state index contributed by atoms with van der Waals surface area (Å²) in [5.41, 5.74) is 1.53. The first kappa shape index (κ1) is 19.3. The molecule has 30 heavy (non-hydrogen) atoms. The summed E-state index contributed by atoms with van der Waals surface area (Å²) in [6, 6.07) is 18.4. The summed E-state index contributed by atoms with van der Waals surface area (Å²) in [4.78, 5) is 22.8. The molecule has 1 aliphatic heterocycles. The third-order valence-corrected chi connectivity index (χ3v) is 5.69. The summed E-state index contributed by atoms with van der Waals surface area (Å²) in [6.45, 7) is 0. The highest BCUT2D eigenvalue weighted by Gasteiger charge is 2.28. The van der Waals surface area contributed by atoms with E-state index in [9.17, 15) is 23.3 Å². The van der Waals surface area contributed by atoms with Gasteiger partial charge >= 0.3 is 0 Å². The number of nitro groups is 1. The standard InChI is InChI=1S/C20H14N4O5S/c25-20(22-15-4-3-5-16(12-15)24(26)27)13-8-10-14(11-9-13)21-19-17-6-1-2-7-18(17)30(28,29)23-19/h1-12H,(H,21,23)(H,22,25). The number of nitrogens with one attached hydrogen (secondary N) is 2. The molecule has 0 aromatic heterocycles. The lowest BCUT2D eigenvalue weighted by atomic mass is 10.1. The van der Waals surface area contributed by atoms with Gasteiger partial charge in [-0.25, -0.2) is 0 Å².